The first-order chi connectivity index (χ1) is 20.8. The highest BCUT2D eigenvalue weighted by molar-refractivity contribution is 5.71. The number of hydrogen-bond donors (Lipinski definition) is 0. The number of piperidine rings is 2. The van der Waals surface area contributed by atoms with Gasteiger partial charge >= 0.3 is 0 Å². The minimum Gasteiger partial charge on any atom is -0.372 e. The number of nitrogens with zero attached hydrogens (tertiary/aromatic N) is 6. The Morgan fingerprint density at radius 2 is 0.643 bits per heavy atom. The van der Waals surface area contributed by atoms with Crippen molar-refractivity contribution in [2.24, 2.45) is 20.5 Å². The molecule has 42 heavy (non-hydrogen) atoms. The minimum absolute atomic E-state index is 0.836. The molecule has 4 aromatic carbocycles. The predicted molar refractivity (Wildman–Crippen MR) is 175 cm³/mol. The molecule has 0 saturated carbocycles. The van der Waals surface area contributed by atoms with Gasteiger partial charge in [-0.25, -0.2) is 0 Å². The smallest absolute Gasteiger partial charge is 0.0858 e. The Labute approximate surface area is 249 Å². The molecular weight excluding hydrogens is 516 g/mol. The fourth-order valence-corrected chi connectivity index (χ4v) is 5.49. The predicted octanol–water partition coefficient (Wildman–Crippen LogP) is 10.7. The molecule has 0 unspecified atom stereocenters. The average molecular weight is 555 g/mol. The van der Waals surface area contributed by atoms with Crippen LogP contribution in [0.15, 0.2) is 118 Å². The van der Waals surface area contributed by atoms with E-state index in [-0.39, 0.29) is 0 Å². The Balaban J connectivity index is 0.996. The third kappa shape index (κ3) is 7.58. The number of rotatable bonds is 8. The molecule has 2 aliphatic rings. The van der Waals surface area contributed by atoms with Gasteiger partial charge in [0.1, 0.15) is 0 Å². The molecule has 2 heterocycles. The molecule has 0 radical (unpaired) electrons. The van der Waals surface area contributed by atoms with Crippen LogP contribution in [-0.4, -0.2) is 26.2 Å². The molecule has 0 bridgehead atoms. The standard InChI is InChI=1S/C36H38N6/c1-3-25-41(26-4-1)35-21-17-33(18-22-35)39-37-31-13-9-29(10-14-31)7-8-30-11-15-32(16-12-30)38-40-34-19-23-36(24-20-34)42-27-5-2-6-28-42/h7-24H,1-6,25-28H2/b8-7+,39-37?,40-38?. The number of benzene rings is 4. The lowest BCUT2D eigenvalue weighted by atomic mass is 10.1. The molecule has 0 spiro atoms. The summed E-state index contributed by atoms with van der Waals surface area (Å²) in [6.45, 7) is 4.59. The first kappa shape index (κ1) is 27.6. The molecule has 0 N–H and O–H groups in total. The highest BCUT2D eigenvalue weighted by Gasteiger charge is 2.11. The number of anilines is 2. The van der Waals surface area contributed by atoms with Crippen molar-refractivity contribution in [2.75, 3.05) is 36.0 Å². The van der Waals surface area contributed by atoms with Gasteiger partial charge in [-0.2, -0.15) is 20.5 Å². The monoisotopic (exact) mass is 554 g/mol. The second-order valence-corrected chi connectivity index (χ2v) is 11.0. The van der Waals surface area contributed by atoms with Gasteiger partial charge in [0.25, 0.3) is 0 Å². The van der Waals surface area contributed by atoms with Gasteiger partial charge in [-0.3, -0.25) is 0 Å². The van der Waals surface area contributed by atoms with E-state index in [1.807, 2.05) is 48.5 Å². The summed E-state index contributed by atoms with van der Waals surface area (Å²) in [5, 5.41) is 17.7. The Bertz CT molecular complexity index is 1370. The number of hydrogen-bond acceptors (Lipinski definition) is 6. The first-order valence-corrected chi connectivity index (χ1v) is 15.2. The molecule has 0 aliphatic carbocycles. The minimum atomic E-state index is 0.836. The SMILES string of the molecule is C(=C\c1ccc(N=Nc2ccc(N3CCCCC3)cc2)cc1)/c1ccc(N=Nc2ccc(N3CCCCC3)cc2)cc1. The highest BCUT2D eigenvalue weighted by atomic mass is 15.1. The molecule has 2 saturated heterocycles. The zero-order valence-electron chi connectivity index (χ0n) is 24.1. The third-order valence-electron chi connectivity index (χ3n) is 7.96. The van der Waals surface area contributed by atoms with E-state index in [1.54, 1.807) is 0 Å². The molecular formula is C36H38N6. The third-order valence-corrected chi connectivity index (χ3v) is 7.96. The Morgan fingerprint density at radius 1 is 0.357 bits per heavy atom. The average Bonchev–Trinajstić information content (AvgIpc) is 3.08. The van der Waals surface area contributed by atoms with Crippen LogP contribution in [0.3, 0.4) is 0 Å². The van der Waals surface area contributed by atoms with Gasteiger partial charge in [-0.15, -0.1) is 0 Å². The van der Waals surface area contributed by atoms with Gasteiger partial charge in [0.2, 0.25) is 0 Å². The van der Waals surface area contributed by atoms with Gasteiger partial charge in [-0.1, -0.05) is 36.4 Å². The summed E-state index contributed by atoms with van der Waals surface area (Å²) in [4.78, 5) is 4.90. The van der Waals surface area contributed by atoms with Crippen molar-refractivity contribution in [3.8, 4) is 0 Å². The maximum absolute atomic E-state index is 4.42. The van der Waals surface area contributed by atoms with Crippen molar-refractivity contribution < 1.29 is 0 Å². The number of azo groups is 2. The zero-order valence-corrected chi connectivity index (χ0v) is 24.1. The van der Waals surface area contributed by atoms with E-state index in [0.717, 1.165) is 60.1 Å². The lowest BCUT2D eigenvalue weighted by molar-refractivity contribution is 0.578. The summed E-state index contributed by atoms with van der Waals surface area (Å²) < 4.78 is 0. The second-order valence-electron chi connectivity index (χ2n) is 11.0. The quantitative estimate of drug-likeness (QED) is 0.161. The fourth-order valence-electron chi connectivity index (χ4n) is 5.49. The molecule has 0 amide bonds. The Hall–Kier alpha value is -4.58. The Morgan fingerprint density at radius 3 is 0.952 bits per heavy atom. The molecule has 4 aromatic rings. The molecule has 6 nitrogen and oxygen atoms in total. The van der Waals surface area contributed by atoms with Crippen LogP contribution in [0.25, 0.3) is 12.2 Å². The van der Waals surface area contributed by atoms with E-state index < -0.39 is 0 Å². The zero-order chi connectivity index (χ0) is 28.4. The molecule has 2 fully saturated rings. The van der Waals surface area contributed by atoms with Gasteiger partial charge in [0, 0.05) is 37.6 Å². The van der Waals surface area contributed by atoms with Gasteiger partial charge in [0.15, 0.2) is 0 Å². The first-order valence-electron chi connectivity index (χ1n) is 15.2. The van der Waals surface area contributed by atoms with E-state index >= 15 is 0 Å². The molecule has 0 aromatic heterocycles. The van der Waals surface area contributed by atoms with E-state index in [9.17, 15) is 0 Å². The summed E-state index contributed by atoms with van der Waals surface area (Å²) in [7, 11) is 0. The lowest BCUT2D eigenvalue weighted by Crippen LogP contribution is -2.29. The van der Waals surface area contributed by atoms with Crippen LogP contribution in [-0.2, 0) is 0 Å². The normalized spacial score (nSPS) is 16.2. The van der Waals surface area contributed by atoms with Crippen LogP contribution in [0.4, 0.5) is 34.1 Å². The van der Waals surface area contributed by atoms with Gasteiger partial charge < -0.3 is 9.80 Å². The summed E-state index contributed by atoms with van der Waals surface area (Å²) in [6.07, 6.45) is 12.0. The topological polar surface area (TPSA) is 55.9 Å². The van der Waals surface area contributed by atoms with Crippen LogP contribution in [0.2, 0.25) is 0 Å². The van der Waals surface area contributed by atoms with Crippen LogP contribution in [0, 0.1) is 0 Å². The van der Waals surface area contributed by atoms with Gasteiger partial charge in [0.05, 0.1) is 22.7 Å². The molecule has 6 heteroatoms. The molecule has 0 atom stereocenters. The Kier molecular flexibility index (Phi) is 9.10. The summed E-state index contributed by atoms with van der Waals surface area (Å²) in [5.74, 6) is 0. The molecule has 212 valence electrons. The van der Waals surface area contributed by atoms with Gasteiger partial charge in [-0.05, 0) is 122 Å². The second kappa shape index (κ2) is 13.9. The highest BCUT2D eigenvalue weighted by Crippen LogP contribution is 2.26. The molecule has 2 aliphatic heterocycles. The van der Waals surface area contributed by atoms with Crippen molar-refractivity contribution >= 4 is 46.3 Å². The van der Waals surface area contributed by atoms with Crippen molar-refractivity contribution in [1.82, 2.24) is 0 Å². The largest absolute Gasteiger partial charge is 0.372 e. The van der Waals surface area contributed by atoms with E-state index in [1.165, 1.54) is 49.9 Å². The maximum Gasteiger partial charge on any atom is 0.0858 e. The van der Waals surface area contributed by atoms with Crippen LogP contribution >= 0.6 is 0 Å². The maximum atomic E-state index is 4.42. The summed E-state index contributed by atoms with van der Waals surface area (Å²) in [5.41, 5.74) is 8.18. The van der Waals surface area contributed by atoms with Crippen LogP contribution in [0.5, 0.6) is 0 Å². The van der Waals surface area contributed by atoms with Crippen molar-refractivity contribution in [2.45, 2.75) is 38.5 Å². The van der Waals surface area contributed by atoms with Crippen molar-refractivity contribution in [1.29, 1.82) is 0 Å². The summed E-state index contributed by atoms with van der Waals surface area (Å²) >= 11 is 0. The lowest BCUT2D eigenvalue weighted by Gasteiger charge is -2.28. The summed E-state index contributed by atoms with van der Waals surface area (Å²) in [6, 6.07) is 33.0. The van der Waals surface area contributed by atoms with E-state index in [0.29, 0.717) is 0 Å². The van der Waals surface area contributed by atoms with Crippen LogP contribution < -0.4 is 9.80 Å². The van der Waals surface area contributed by atoms with E-state index in [2.05, 4.69) is 90.9 Å². The van der Waals surface area contributed by atoms with Crippen LogP contribution in [0.1, 0.15) is 49.7 Å². The van der Waals surface area contributed by atoms with Crippen molar-refractivity contribution in [3.05, 3.63) is 108 Å². The van der Waals surface area contributed by atoms with E-state index in [4.69, 9.17) is 0 Å². The molecule has 6 rings (SSSR count). The van der Waals surface area contributed by atoms with Crippen molar-refractivity contribution in [3.63, 3.8) is 0 Å². The fraction of sp³-hybridized carbons (Fsp3) is 0.278.